The Morgan fingerprint density at radius 2 is 1.89 bits per heavy atom. The molecule has 2 aliphatic heterocycles. The van der Waals surface area contributed by atoms with Gasteiger partial charge in [-0.2, -0.15) is 17.0 Å². The van der Waals surface area contributed by atoms with Crippen molar-refractivity contribution in [3.8, 4) is 17.5 Å². The SMILES string of the molecule is Cc1ccc(C(=O)N2CC(c3ccc(C#N)cc3)C2)cc1-c1nc2cc(N3CCSCC3)ncc2[nH]1. The molecule has 4 aromatic rings. The number of hydrogen-bond donors (Lipinski definition) is 1. The van der Waals surface area contributed by atoms with Crippen molar-refractivity contribution in [2.75, 3.05) is 42.6 Å². The van der Waals surface area contributed by atoms with E-state index in [2.05, 4.69) is 27.0 Å². The average molecular weight is 495 g/mol. The number of aryl methyl sites for hydroxylation is 1. The van der Waals surface area contributed by atoms with Crippen LogP contribution in [-0.4, -0.2) is 63.4 Å². The van der Waals surface area contributed by atoms with E-state index in [1.165, 1.54) is 5.56 Å². The first kappa shape index (κ1) is 22.6. The predicted molar refractivity (Wildman–Crippen MR) is 143 cm³/mol. The summed E-state index contributed by atoms with van der Waals surface area (Å²) < 4.78 is 0. The molecule has 0 aliphatic carbocycles. The van der Waals surface area contributed by atoms with E-state index in [-0.39, 0.29) is 5.91 Å². The van der Waals surface area contributed by atoms with E-state index < -0.39 is 0 Å². The highest BCUT2D eigenvalue weighted by molar-refractivity contribution is 7.99. The number of nitrogens with zero attached hydrogens (tertiary/aromatic N) is 5. The summed E-state index contributed by atoms with van der Waals surface area (Å²) in [5.41, 5.74) is 6.26. The summed E-state index contributed by atoms with van der Waals surface area (Å²) in [5.74, 6) is 4.31. The summed E-state index contributed by atoms with van der Waals surface area (Å²) in [5, 5.41) is 9.00. The first-order chi connectivity index (χ1) is 17.6. The molecule has 7 nitrogen and oxygen atoms in total. The van der Waals surface area contributed by atoms with E-state index in [0.717, 1.165) is 58.4 Å². The minimum absolute atomic E-state index is 0.0316. The molecule has 1 amide bonds. The fourth-order valence-electron chi connectivity index (χ4n) is 4.87. The van der Waals surface area contributed by atoms with Crippen LogP contribution in [0, 0.1) is 18.3 Å². The van der Waals surface area contributed by atoms with Gasteiger partial charge in [-0.05, 0) is 42.3 Å². The monoisotopic (exact) mass is 494 g/mol. The number of fused-ring (bicyclic) bond motifs is 1. The van der Waals surface area contributed by atoms with Gasteiger partial charge in [0, 0.05) is 60.8 Å². The van der Waals surface area contributed by atoms with Crippen LogP contribution in [0.25, 0.3) is 22.4 Å². The number of likely N-dealkylation sites (tertiary alicyclic amines) is 1. The number of H-pyrrole nitrogens is 1. The average Bonchev–Trinajstić information content (AvgIpc) is 3.32. The number of hydrogen-bond acceptors (Lipinski definition) is 6. The molecule has 0 bridgehead atoms. The quantitative estimate of drug-likeness (QED) is 0.446. The molecule has 0 atom stereocenters. The van der Waals surface area contributed by atoms with Gasteiger partial charge >= 0.3 is 0 Å². The van der Waals surface area contributed by atoms with Gasteiger partial charge in [-0.25, -0.2) is 9.97 Å². The highest BCUT2D eigenvalue weighted by atomic mass is 32.2. The Morgan fingerprint density at radius 3 is 2.64 bits per heavy atom. The van der Waals surface area contributed by atoms with Crippen LogP contribution in [0.15, 0.2) is 54.7 Å². The summed E-state index contributed by atoms with van der Waals surface area (Å²) in [4.78, 5) is 30.3. The maximum absolute atomic E-state index is 13.2. The number of nitriles is 1. The molecule has 1 N–H and O–H groups in total. The second-order valence-corrected chi connectivity index (χ2v) is 10.6. The number of rotatable bonds is 4. The Morgan fingerprint density at radius 1 is 1.11 bits per heavy atom. The van der Waals surface area contributed by atoms with Gasteiger partial charge in [-0.15, -0.1) is 0 Å². The van der Waals surface area contributed by atoms with Gasteiger partial charge in [-0.1, -0.05) is 18.2 Å². The molecule has 2 aromatic carbocycles. The standard InChI is InChI=1S/C28H26N6OS/c1-18-2-5-21(28(35)34-16-22(17-34)20-6-3-19(14-29)4-7-20)12-23(18)27-31-24-13-26(30-15-25(24)32-27)33-8-10-36-11-9-33/h2-7,12-13,15,22H,8-11,16-17H2,1H3,(H,31,32). The number of benzene rings is 2. The normalized spacial score (nSPS) is 16.1. The number of aromatic amines is 1. The van der Waals surface area contributed by atoms with Gasteiger partial charge in [0.2, 0.25) is 0 Å². The molecule has 0 spiro atoms. The number of nitrogens with one attached hydrogen (secondary N) is 1. The Labute approximate surface area is 214 Å². The van der Waals surface area contributed by atoms with Crippen molar-refractivity contribution >= 4 is 34.5 Å². The van der Waals surface area contributed by atoms with Crippen LogP contribution in [0.3, 0.4) is 0 Å². The van der Waals surface area contributed by atoms with Crippen LogP contribution in [0.5, 0.6) is 0 Å². The van der Waals surface area contributed by atoms with E-state index in [0.29, 0.717) is 30.1 Å². The number of anilines is 1. The van der Waals surface area contributed by atoms with E-state index in [1.54, 1.807) is 0 Å². The predicted octanol–water partition coefficient (Wildman–Crippen LogP) is 4.60. The van der Waals surface area contributed by atoms with Crippen LogP contribution in [0.2, 0.25) is 0 Å². The largest absolute Gasteiger partial charge is 0.355 e. The zero-order chi connectivity index (χ0) is 24.6. The van der Waals surface area contributed by atoms with Crippen molar-refractivity contribution in [3.63, 3.8) is 0 Å². The Bertz CT molecular complexity index is 1480. The first-order valence-electron chi connectivity index (χ1n) is 12.2. The van der Waals surface area contributed by atoms with Crippen molar-refractivity contribution in [3.05, 3.63) is 77.0 Å². The molecule has 4 heterocycles. The molecular formula is C28H26N6OS. The maximum atomic E-state index is 13.2. The number of thioether (sulfide) groups is 1. The summed E-state index contributed by atoms with van der Waals surface area (Å²) in [6.07, 6.45) is 1.86. The van der Waals surface area contributed by atoms with Crippen molar-refractivity contribution < 1.29 is 4.79 Å². The Kier molecular flexibility index (Phi) is 5.86. The molecule has 2 saturated heterocycles. The van der Waals surface area contributed by atoms with Crippen LogP contribution < -0.4 is 4.90 Å². The van der Waals surface area contributed by atoms with E-state index in [9.17, 15) is 4.79 Å². The van der Waals surface area contributed by atoms with Gasteiger partial charge in [-0.3, -0.25) is 4.79 Å². The zero-order valence-corrected chi connectivity index (χ0v) is 20.9. The van der Waals surface area contributed by atoms with Crippen molar-refractivity contribution in [1.29, 1.82) is 5.26 Å². The van der Waals surface area contributed by atoms with Crippen molar-refractivity contribution in [1.82, 2.24) is 19.9 Å². The van der Waals surface area contributed by atoms with Crippen molar-refractivity contribution in [2.45, 2.75) is 12.8 Å². The lowest BCUT2D eigenvalue weighted by atomic mass is 9.90. The van der Waals surface area contributed by atoms with E-state index in [4.69, 9.17) is 10.2 Å². The van der Waals surface area contributed by atoms with Crippen LogP contribution in [0.4, 0.5) is 5.82 Å². The number of imidazole rings is 1. The van der Waals surface area contributed by atoms with Gasteiger partial charge in [0.15, 0.2) is 0 Å². The number of amides is 1. The molecule has 0 saturated carbocycles. The number of carbonyl (C=O) groups is 1. The molecule has 6 rings (SSSR count). The zero-order valence-electron chi connectivity index (χ0n) is 20.1. The topological polar surface area (TPSA) is 88.9 Å². The molecular weight excluding hydrogens is 468 g/mol. The van der Waals surface area contributed by atoms with Gasteiger partial charge < -0.3 is 14.8 Å². The fraction of sp³-hybridized carbons (Fsp3) is 0.286. The molecule has 0 radical (unpaired) electrons. The third-order valence-corrected chi connectivity index (χ3v) is 8.05. The first-order valence-corrected chi connectivity index (χ1v) is 13.3. The van der Waals surface area contributed by atoms with Crippen LogP contribution in [0.1, 0.15) is 33.0 Å². The minimum Gasteiger partial charge on any atom is -0.355 e. The maximum Gasteiger partial charge on any atom is 0.253 e. The summed E-state index contributed by atoms with van der Waals surface area (Å²) in [6.45, 7) is 5.42. The molecule has 2 aliphatic rings. The smallest absolute Gasteiger partial charge is 0.253 e. The number of pyridine rings is 1. The summed E-state index contributed by atoms with van der Waals surface area (Å²) in [7, 11) is 0. The molecule has 2 aromatic heterocycles. The Hall–Kier alpha value is -3.83. The molecule has 0 unspecified atom stereocenters. The second-order valence-electron chi connectivity index (χ2n) is 9.42. The second kappa shape index (κ2) is 9.32. The van der Waals surface area contributed by atoms with Crippen molar-refractivity contribution in [2.24, 2.45) is 0 Å². The number of aromatic nitrogens is 3. The molecule has 180 valence electrons. The lowest BCUT2D eigenvalue weighted by molar-refractivity contribution is 0.0602. The highest BCUT2D eigenvalue weighted by Gasteiger charge is 2.32. The highest BCUT2D eigenvalue weighted by Crippen LogP contribution is 2.31. The molecule has 36 heavy (non-hydrogen) atoms. The van der Waals surface area contributed by atoms with Crippen LogP contribution in [-0.2, 0) is 0 Å². The van der Waals surface area contributed by atoms with E-state index in [1.807, 2.05) is 72.2 Å². The van der Waals surface area contributed by atoms with Gasteiger partial charge in [0.25, 0.3) is 5.91 Å². The Balaban J connectivity index is 1.20. The lowest BCUT2D eigenvalue weighted by Gasteiger charge is -2.39. The molecule has 2 fully saturated rings. The molecule has 8 heteroatoms. The van der Waals surface area contributed by atoms with Gasteiger partial charge in [0.05, 0.1) is 28.9 Å². The van der Waals surface area contributed by atoms with E-state index >= 15 is 0 Å². The fourth-order valence-corrected chi connectivity index (χ4v) is 5.77. The summed E-state index contributed by atoms with van der Waals surface area (Å²) in [6, 6.07) is 17.7. The number of carbonyl (C=O) groups excluding carboxylic acids is 1. The third kappa shape index (κ3) is 4.20. The minimum atomic E-state index is 0.0316. The third-order valence-electron chi connectivity index (χ3n) is 7.11. The lowest BCUT2D eigenvalue weighted by Crippen LogP contribution is -2.48. The van der Waals surface area contributed by atoms with Gasteiger partial charge in [0.1, 0.15) is 11.6 Å². The summed E-state index contributed by atoms with van der Waals surface area (Å²) >= 11 is 1.98. The van der Waals surface area contributed by atoms with Crippen LogP contribution >= 0.6 is 11.8 Å².